The number of nitrogens with one attached hydrogen (secondary N) is 2. The number of para-hydroxylation sites is 1. The van der Waals surface area contributed by atoms with Crippen LogP contribution < -0.4 is 15.4 Å². The highest BCUT2D eigenvalue weighted by atomic mass is 35.5. The molecule has 156 valence electrons. The maximum absolute atomic E-state index is 12.8. The zero-order valence-corrected chi connectivity index (χ0v) is 17.4. The molecule has 3 rings (SSSR count). The molecule has 1 saturated heterocycles. The van der Waals surface area contributed by atoms with Crippen molar-refractivity contribution in [3.8, 4) is 5.75 Å². The highest BCUT2D eigenvalue weighted by molar-refractivity contribution is 7.89. The van der Waals surface area contributed by atoms with Crippen molar-refractivity contribution in [1.29, 1.82) is 0 Å². The predicted molar refractivity (Wildman–Crippen MR) is 111 cm³/mol. The van der Waals surface area contributed by atoms with Crippen LogP contribution in [0.1, 0.15) is 0 Å². The molecule has 1 aliphatic heterocycles. The smallest absolute Gasteiger partial charge is 0.243 e. The van der Waals surface area contributed by atoms with E-state index in [1.807, 2.05) is 0 Å². The van der Waals surface area contributed by atoms with Crippen molar-refractivity contribution in [3.05, 3.63) is 47.5 Å². The number of nitrogens with zero attached hydrogens (tertiary/aromatic N) is 1. The molecule has 8 nitrogen and oxygen atoms in total. The van der Waals surface area contributed by atoms with E-state index in [4.69, 9.17) is 21.1 Å². The number of hydrogen-bond donors (Lipinski definition) is 2. The number of ether oxygens (including phenoxy) is 2. The summed E-state index contributed by atoms with van der Waals surface area (Å²) in [6.45, 7) is 1.31. The number of amides is 1. The molecule has 29 heavy (non-hydrogen) atoms. The normalized spacial score (nSPS) is 15.0. The number of rotatable bonds is 7. The van der Waals surface area contributed by atoms with Crippen LogP contribution in [-0.2, 0) is 19.6 Å². The largest absolute Gasteiger partial charge is 0.493 e. The van der Waals surface area contributed by atoms with Gasteiger partial charge in [-0.1, -0.05) is 23.7 Å². The van der Waals surface area contributed by atoms with Gasteiger partial charge in [-0.05, 0) is 30.3 Å². The fourth-order valence-corrected chi connectivity index (χ4v) is 4.61. The molecule has 0 aromatic heterocycles. The quantitative estimate of drug-likeness (QED) is 0.687. The number of carbonyl (C=O) groups is 1. The van der Waals surface area contributed by atoms with E-state index >= 15 is 0 Å². The minimum atomic E-state index is -3.63. The lowest BCUT2D eigenvalue weighted by Gasteiger charge is -2.26. The number of sulfonamides is 1. The van der Waals surface area contributed by atoms with Gasteiger partial charge in [0.1, 0.15) is 0 Å². The average Bonchev–Trinajstić information content (AvgIpc) is 2.73. The first-order valence-corrected chi connectivity index (χ1v) is 10.8. The van der Waals surface area contributed by atoms with Crippen molar-refractivity contribution in [2.24, 2.45) is 0 Å². The minimum absolute atomic E-state index is 0.0445. The third-order valence-corrected chi connectivity index (χ3v) is 6.53. The van der Waals surface area contributed by atoms with Crippen molar-refractivity contribution >= 4 is 38.9 Å². The Kier molecular flexibility index (Phi) is 6.96. The van der Waals surface area contributed by atoms with E-state index < -0.39 is 10.0 Å². The third-order valence-electron chi connectivity index (χ3n) is 4.34. The van der Waals surface area contributed by atoms with Crippen LogP contribution in [0.4, 0.5) is 11.4 Å². The summed E-state index contributed by atoms with van der Waals surface area (Å²) in [6.07, 6.45) is 0. The average molecular weight is 440 g/mol. The van der Waals surface area contributed by atoms with Crippen LogP contribution in [-0.4, -0.2) is 58.6 Å². The van der Waals surface area contributed by atoms with Crippen LogP contribution >= 0.6 is 11.6 Å². The number of halogens is 1. The Morgan fingerprint density at radius 2 is 1.93 bits per heavy atom. The van der Waals surface area contributed by atoms with E-state index in [2.05, 4.69) is 10.6 Å². The molecule has 1 heterocycles. The number of carbonyl (C=O) groups excluding carboxylic acids is 1. The van der Waals surface area contributed by atoms with Crippen LogP contribution in [0.15, 0.2) is 47.4 Å². The first-order chi connectivity index (χ1) is 13.9. The summed E-state index contributed by atoms with van der Waals surface area (Å²) in [5.74, 6) is 0.105. The van der Waals surface area contributed by atoms with Crippen LogP contribution in [0, 0.1) is 0 Å². The third kappa shape index (κ3) is 5.18. The monoisotopic (exact) mass is 439 g/mol. The lowest BCUT2D eigenvalue weighted by Crippen LogP contribution is -2.40. The molecule has 0 radical (unpaired) electrons. The summed E-state index contributed by atoms with van der Waals surface area (Å²) < 4.78 is 37.3. The highest BCUT2D eigenvalue weighted by Crippen LogP contribution is 2.32. The molecule has 0 atom stereocenters. The van der Waals surface area contributed by atoms with E-state index in [1.165, 1.54) is 23.5 Å². The second kappa shape index (κ2) is 9.45. The van der Waals surface area contributed by atoms with Gasteiger partial charge in [0.05, 0.1) is 42.5 Å². The molecule has 2 aromatic carbocycles. The van der Waals surface area contributed by atoms with Gasteiger partial charge in [0.25, 0.3) is 0 Å². The fraction of sp³-hybridized carbons (Fsp3) is 0.316. The van der Waals surface area contributed by atoms with Gasteiger partial charge in [0.2, 0.25) is 15.9 Å². The van der Waals surface area contributed by atoms with Gasteiger partial charge in [-0.2, -0.15) is 4.31 Å². The molecule has 1 fully saturated rings. The van der Waals surface area contributed by atoms with Crippen molar-refractivity contribution < 1.29 is 22.7 Å². The molecule has 1 amide bonds. The molecular weight excluding hydrogens is 418 g/mol. The molecule has 0 bridgehead atoms. The molecule has 0 spiro atoms. The fourth-order valence-electron chi connectivity index (χ4n) is 2.91. The van der Waals surface area contributed by atoms with Gasteiger partial charge in [0, 0.05) is 18.8 Å². The van der Waals surface area contributed by atoms with E-state index in [0.717, 1.165) is 0 Å². The predicted octanol–water partition coefficient (Wildman–Crippen LogP) is 2.42. The summed E-state index contributed by atoms with van der Waals surface area (Å²) in [5.41, 5.74) is 0.975. The summed E-state index contributed by atoms with van der Waals surface area (Å²) in [7, 11) is -2.14. The van der Waals surface area contributed by atoms with E-state index in [-0.39, 0.29) is 17.3 Å². The molecule has 1 aliphatic rings. The van der Waals surface area contributed by atoms with Gasteiger partial charge >= 0.3 is 0 Å². The molecule has 10 heteroatoms. The second-order valence-electron chi connectivity index (χ2n) is 6.27. The van der Waals surface area contributed by atoms with Crippen molar-refractivity contribution in [1.82, 2.24) is 4.31 Å². The Labute approximate surface area is 174 Å². The molecule has 2 N–H and O–H groups in total. The number of methoxy groups -OCH3 is 1. The summed E-state index contributed by atoms with van der Waals surface area (Å²) in [6, 6.07) is 11.4. The van der Waals surface area contributed by atoms with Gasteiger partial charge in [0.15, 0.2) is 5.75 Å². The van der Waals surface area contributed by atoms with Gasteiger partial charge in [-0.25, -0.2) is 8.42 Å². The lowest BCUT2D eigenvalue weighted by atomic mass is 10.3. The van der Waals surface area contributed by atoms with Gasteiger partial charge in [-0.15, -0.1) is 0 Å². The Morgan fingerprint density at radius 3 is 2.66 bits per heavy atom. The second-order valence-corrected chi connectivity index (χ2v) is 8.61. The van der Waals surface area contributed by atoms with Crippen LogP contribution in [0.5, 0.6) is 5.75 Å². The van der Waals surface area contributed by atoms with Crippen LogP contribution in [0.3, 0.4) is 0 Å². The summed E-state index contributed by atoms with van der Waals surface area (Å²) >= 11 is 6.06. The standard InChI is InChI=1S/C19H22ClN3O5S/c1-27-19-16(20)6-3-7-17(19)21-13-18(24)22-14-4-2-5-15(12-14)29(25,26)23-8-10-28-11-9-23/h2-7,12,21H,8-11,13H2,1H3,(H,22,24). The summed E-state index contributed by atoms with van der Waals surface area (Å²) in [4.78, 5) is 12.4. The zero-order chi connectivity index (χ0) is 20.9. The highest BCUT2D eigenvalue weighted by Gasteiger charge is 2.26. The van der Waals surface area contributed by atoms with E-state index in [1.54, 1.807) is 30.3 Å². The Hall–Kier alpha value is -2.33. The SMILES string of the molecule is COc1c(Cl)cccc1NCC(=O)Nc1cccc(S(=O)(=O)N2CCOCC2)c1. The number of anilines is 2. The molecule has 0 saturated carbocycles. The lowest BCUT2D eigenvalue weighted by molar-refractivity contribution is -0.114. The molecule has 0 unspecified atom stereocenters. The van der Waals surface area contributed by atoms with Crippen molar-refractivity contribution in [2.75, 3.05) is 50.6 Å². The maximum Gasteiger partial charge on any atom is 0.243 e. The maximum atomic E-state index is 12.8. The van der Waals surface area contributed by atoms with Gasteiger partial charge < -0.3 is 20.1 Å². The minimum Gasteiger partial charge on any atom is -0.493 e. The number of hydrogen-bond acceptors (Lipinski definition) is 6. The summed E-state index contributed by atoms with van der Waals surface area (Å²) in [5, 5.41) is 6.09. The topological polar surface area (TPSA) is 97.0 Å². The first-order valence-electron chi connectivity index (χ1n) is 8.96. The molecule has 2 aromatic rings. The van der Waals surface area contributed by atoms with Gasteiger partial charge in [-0.3, -0.25) is 4.79 Å². The van der Waals surface area contributed by atoms with E-state index in [9.17, 15) is 13.2 Å². The van der Waals surface area contributed by atoms with Crippen LogP contribution in [0.2, 0.25) is 5.02 Å². The van der Waals surface area contributed by atoms with Crippen molar-refractivity contribution in [2.45, 2.75) is 4.90 Å². The molecular formula is C19H22ClN3O5S. The molecule has 0 aliphatic carbocycles. The van der Waals surface area contributed by atoms with Crippen molar-refractivity contribution in [3.63, 3.8) is 0 Å². The van der Waals surface area contributed by atoms with Crippen LogP contribution in [0.25, 0.3) is 0 Å². The Morgan fingerprint density at radius 1 is 1.21 bits per heavy atom. The number of benzene rings is 2. The number of morpholine rings is 1. The van der Waals surface area contributed by atoms with E-state index in [0.29, 0.717) is 48.5 Å². The Balaban J connectivity index is 1.66. The zero-order valence-electron chi connectivity index (χ0n) is 15.9. The Bertz CT molecular complexity index is 978. The first kappa shape index (κ1) is 21.4.